The third-order valence-electron chi connectivity index (χ3n) is 5.23. The maximum Gasteiger partial charge on any atom is 0.270 e. The van der Waals surface area contributed by atoms with Crippen molar-refractivity contribution in [1.29, 1.82) is 0 Å². The van der Waals surface area contributed by atoms with Crippen LogP contribution >= 0.6 is 0 Å². The topological polar surface area (TPSA) is 53.0 Å². The Kier molecular flexibility index (Phi) is 4.93. The van der Waals surface area contributed by atoms with E-state index in [9.17, 15) is 9.59 Å². The van der Waals surface area contributed by atoms with Crippen LogP contribution < -0.4 is 5.01 Å². The third-order valence-corrected chi connectivity index (χ3v) is 5.23. The molecule has 0 spiro atoms. The minimum atomic E-state index is -0.0490. The van der Waals surface area contributed by atoms with Crippen LogP contribution in [0.25, 0.3) is 0 Å². The van der Waals surface area contributed by atoms with Crippen LogP contribution in [0.2, 0.25) is 0 Å². The number of rotatable bonds is 3. The molecule has 1 saturated heterocycles. The van der Waals surface area contributed by atoms with E-state index in [-0.39, 0.29) is 17.9 Å². The van der Waals surface area contributed by atoms with Crippen LogP contribution in [0.5, 0.6) is 0 Å². The molecule has 5 heteroatoms. The summed E-state index contributed by atoms with van der Waals surface area (Å²) in [6.45, 7) is 9.05. The number of amides is 2. The second-order valence-corrected chi connectivity index (χ2v) is 7.40. The van der Waals surface area contributed by atoms with Gasteiger partial charge in [0.05, 0.1) is 5.69 Å². The van der Waals surface area contributed by atoms with Crippen molar-refractivity contribution >= 4 is 23.2 Å². The van der Waals surface area contributed by atoms with Crippen molar-refractivity contribution in [2.75, 3.05) is 11.6 Å². The molecule has 2 amide bonds. The number of carbonyl (C=O) groups excluding carboxylic acids is 2. The molecule has 0 radical (unpaired) electrons. The van der Waals surface area contributed by atoms with Crippen LogP contribution in [0, 0.1) is 19.8 Å². The lowest BCUT2D eigenvalue weighted by atomic mass is 10.1. The summed E-state index contributed by atoms with van der Waals surface area (Å²) in [4.78, 5) is 27.4. The molecule has 0 N–H and O–H groups in total. The van der Waals surface area contributed by atoms with E-state index in [0.717, 1.165) is 36.2 Å². The Labute approximate surface area is 149 Å². The molecule has 2 atom stereocenters. The number of aryl methyl sites for hydroxylation is 2. The second-order valence-electron chi connectivity index (χ2n) is 7.40. The second kappa shape index (κ2) is 6.98. The average molecular weight is 341 g/mol. The fourth-order valence-electron chi connectivity index (χ4n) is 3.80. The summed E-state index contributed by atoms with van der Waals surface area (Å²) >= 11 is 0. The number of carbonyl (C=O) groups is 2. The Hall–Kier alpha value is -2.17. The molecule has 1 aromatic carbocycles. The maximum absolute atomic E-state index is 13.0. The largest absolute Gasteiger partial charge is 0.334 e. The van der Waals surface area contributed by atoms with Crippen LogP contribution in [0.15, 0.2) is 23.3 Å². The first-order chi connectivity index (χ1) is 11.9. The molecule has 5 nitrogen and oxygen atoms in total. The third kappa shape index (κ3) is 3.46. The molecule has 0 bridgehead atoms. The van der Waals surface area contributed by atoms with Crippen LogP contribution in [-0.4, -0.2) is 35.0 Å². The Morgan fingerprint density at radius 3 is 2.76 bits per heavy atom. The van der Waals surface area contributed by atoms with Crippen LogP contribution in [0.4, 0.5) is 5.69 Å². The van der Waals surface area contributed by atoms with E-state index >= 15 is 0 Å². The van der Waals surface area contributed by atoms with Gasteiger partial charge in [0.15, 0.2) is 0 Å². The molecule has 25 heavy (non-hydrogen) atoms. The first kappa shape index (κ1) is 17.6. The summed E-state index contributed by atoms with van der Waals surface area (Å²) in [6, 6.07) is 6.24. The molecule has 3 rings (SSSR count). The minimum absolute atomic E-state index is 0.000920. The zero-order valence-corrected chi connectivity index (χ0v) is 15.6. The summed E-state index contributed by atoms with van der Waals surface area (Å²) in [6.07, 6.45) is 2.77. The minimum Gasteiger partial charge on any atom is -0.334 e. The van der Waals surface area contributed by atoms with E-state index in [1.165, 1.54) is 5.01 Å². The van der Waals surface area contributed by atoms with Gasteiger partial charge in [0.1, 0.15) is 5.71 Å². The summed E-state index contributed by atoms with van der Waals surface area (Å²) in [5.74, 6) is 0.473. The molecule has 0 aromatic heterocycles. The zero-order chi connectivity index (χ0) is 18.1. The van der Waals surface area contributed by atoms with E-state index in [2.05, 4.69) is 18.9 Å². The van der Waals surface area contributed by atoms with Crippen molar-refractivity contribution in [3.8, 4) is 0 Å². The highest BCUT2D eigenvalue weighted by Crippen LogP contribution is 2.28. The van der Waals surface area contributed by atoms with Crippen LogP contribution in [0.3, 0.4) is 0 Å². The Bertz CT molecular complexity index is 726. The monoisotopic (exact) mass is 341 g/mol. The van der Waals surface area contributed by atoms with Gasteiger partial charge in [-0.25, -0.2) is 5.01 Å². The molecule has 0 unspecified atom stereocenters. The Balaban J connectivity index is 1.90. The molecule has 0 aliphatic carbocycles. The standard InChI is InChI=1S/C20H27N3O2/c1-5-16-10-14(3)12-22(16)20(25)17-8-9-19(24)23(21-17)18-11-13(2)6-7-15(18)4/h6-7,11,14,16H,5,8-10,12H2,1-4H3/t14-,16+/m0/s1. The summed E-state index contributed by atoms with van der Waals surface area (Å²) < 4.78 is 0. The summed E-state index contributed by atoms with van der Waals surface area (Å²) in [5.41, 5.74) is 3.34. The van der Waals surface area contributed by atoms with E-state index in [4.69, 9.17) is 0 Å². The molecule has 2 aliphatic heterocycles. The number of hydrogen-bond acceptors (Lipinski definition) is 3. The molecule has 134 valence electrons. The van der Waals surface area contributed by atoms with E-state index < -0.39 is 0 Å². The molecule has 0 saturated carbocycles. The predicted molar refractivity (Wildman–Crippen MR) is 99.6 cm³/mol. The molecule has 2 aliphatic rings. The smallest absolute Gasteiger partial charge is 0.270 e. The molecule has 2 heterocycles. The first-order valence-corrected chi connectivity index (χ1v) is 9.19. The Morgan fingerprint density at radius 1 is 1.28 bits per heavy atom. The number of hydrazone groups is 1. The van der Waals surface area contributed by atoms with Gasteiger partial charge in [-0.05, 0) is 49.8 Å². The number of benzene rings is 1. The van der Waals surface area contributed by atoms with Crippen molar-refractivity contribution in [3.63, 3.8) is 0 Å². The van der Waals surface area contributed by atoms with Gasteiger partial charge >= 0.3 is 0 Å². The average Bonchev–Trinajstić information content (AvgIpc) is 2.98. The molecule has 1 fully saturated rings. The lowest BCUT2D eigenvalue weighted by Crippen LogP contribution is -2.43. The lowest BCUT2D eigenvalue weighted by Gasteiger charge is -2.28. The van der Waals surface area contributed by atoms with E-state index in [0.29, 0.717) is 24.5 Å². The fraction of sp³-hybridized carbons (Fsp3) is 0.550. The van der Waals surface area contributed by atoms with Crippen molar-refractivity contribution in [2.45, 2.75) is 59.4 Å². The van der Waals surface area contributed by atoms with Gasteiger partial charge in [0, 0.05) is 25.4 Å². The maximum atomic E-state index is 13.0. The summed E-state index contributed by atoms with van der Waals surface area (Å²) in [5, 5.41) is 5.91. The van der Waals surface area contributed by atoms with E-state index in [1.54, 1.807) is 0 Å². The highest BCUT2D eigenvalue weighted by Gasteiger charge is 2.36. The van der Waals surface area contributed by atoms with E-state index in [1.807, 2.05) is 36.9 Å². The van der Waals surface area contributed by atoms with Gasteiger partial charge < -0.3 is 4.90 Å². The van der Waals surface area contributed by atoms with Gasteiger partial charge in [-0.1, -0.05) is 26.0 Å². The van der Waals surface area contributed by atoms with Crippen molar-refractivity contribution < 1.29 is 9.59 Å². The zero-order valence-electron chi connectivity index (χ0n) is 15.6. The first-order valence-electron chi connectivity index (χ1n) is 9.19. The predicted octanol–water partition coefficient (Wildman–Crippen LogP) is 3.43. The number of likely N-dealkylation sites (tertiary alicyclic amines) is 1. The van der Waals surface area contributed by atoms with Crippen LogP contribution in [0.1, 0.15) is 50.7 Å². The number of hydrogen-bond donors (Lipinski definition) is 0. The lowest BCUT2D eigenvalue weighted by molar-refractivity contribution is -0.125. The van der Waals surface area contributed by atoms with Crippen molar-refractivity contribution in [1.82, 2.24) is 4.90 Å². The Morgan fingerprint density at radius 2 is 2.04 bits per heavy atom. The van der Waals surface area contributed by atoms with Gasteiger partial charge in [-0.15, -0.1) is 0 Å². The van der Waals surface area contributed by atoms with Gasteiger partial charge in [-0.3, -0.25) is 9.59 Å². The highest BCUT2D eigenvalue weighted by molar-refractivity contribution is 6.40. The number of nitrogens with zero attached hydrogens (tertiary/aromatic N) is 3. The summed E-state index contributed by atoms with van der Waals surface area (Å²) in [7, 11) is 0. The fourth-order valence-corrected chi connectivity index (χ4v) is 3.80. The number of anilines is 1. The van der Waals surface area contributed by atoms with Crippen LogP contribution in [-0.2, 0) is 9.59 Å². The highest BCUT2D eigenvalue weighted by atomic mass is 16.2. The van der Waals surface area contributed by atoms with Gasteiger partial charge in [-0.2, -0.15) is 5.10 Å². The molecular formula is C20H27N3O2. The van der Waals surface area contributed by atoms with Gasteiger partial charge in [0.2, 0.25) is 5.91 Å². The van der Waals surface area contributed by atoms with Crippen molar-refractivity contribution in [2.24, 2.45) is 11.0 Å². The van der Waals surface area contributed by atoms with Crippen molar-refractivity contribution in [3.05, 3.63) is 29.3 Å². The molecular weight excluding hydrogens is 314 g/mol. The SMILES string of the molecule is CC[C@@H]1C[C@H](C)CN1C(=O)C1=NN(c2cc(C)ccc2C)C(=O)CC1. The van der Waals surface area contributed by atoms with Gasteiger partial charge in [0.25, 0.3) is 5.91 Å². The normalized spacial score (nSPS) is 23.8. The molecule has 1 aromatic rings. The quantitative estimate of drug-likeness (QED) is 0.846.